The van der Waals surface area contributed by atoms with Gasteiger partial charge in [0.05, 0.1) is 0 Å². The fourth-order valence-electron chi connectivity index (χ4n) is 1.91. The second-order valence-electron chi connectivity index (χ2n) is 4.78. The highest BCUT2D eigenvalue weighted by molar-refractivity contribution is 5.93. The zero-order valence-electron chi connectivity index (χ0n) is 10.3. The molecule has 1 aliphatic carbocycles. The summed E-state index contributed by atoms with van der Waals surface area (Å²) in [6.07, 6.45) is 2.96. The van der Waals surface area contributed by atoms with Crippen LogP contribution in [0.2, 0.25) is 0 Å². The predicted molar refractivity (Wildman–Crippen MR) is 72.2 cm³/mol. The second-order valence-corrected chi connectivity index (χ2v) is 4.78. The number of aryl methyl sites for hydroxylation is 1. The number of carbonyl (C=O) groups excluding carboxylic acids is 1. The highest BCUT2D eigenvalue weighted by atomic mass is 35.5. The predicted octanol–water partition coefficient (Wildman–Crippen LogP) is 0.716. The lowest BCUT2D eigenvalue weighted by Crippen LogP contribution is -2.55. The maximum Gasteiger partial charge on any atom is 0.260 e. The van der Waals surface area contributed by atoms with Gasteiger partial charge in [-0.15, -0.1) is 12.4 Å². The van der Waals surface area contributed by atoms with Crippen LogP contribution in [-0.2, 0) is 0 Å². The monoisotopic (exact) mass is 271 g/mol. The summed E-state index contributed by atoms with van der Waals surface area (Å²) >= 11 is 0. The van der Waals surface area contributed by atoms with E-state index in [-0.39, 0.29) is 35.0 Å². The third-order valence-electron chi connectivity index (χ3n) is 3.25. The maximum atomic E-state index is 11.8. The van der Waals surface area contributed by atoms with Gasteiger partial charge in [-0.3, -0.25) is 9.59 Å². The van der Waals surface area contributed by atoms with Crippen molar-refractivity contribution in [1.29, 1.82) is 0 Å². The topological polar surface area (TPSA) is 88.0 Å². The van der Waals surface area contributed by atoms with Crippen LogP contribution < -0.4 is 16.6 Å². The molecule has 1 amide bonds. The minimum atomic E-state index is -0.359. The Hall–Kier alpha value is -1.33. The lowest BCUT2D eigenvalue weighted by atomic mass is 9.78. The van der Waals surface area contributed by atoms with Gasteiger partial charge in [-0.25, -0.2) is 0 Å². The number of amides is 1. The summed E-state index contributed by atoms with van der Waals surface area (Å²) in [5, 5.41) is 2.72. The van der Waals surface area contributed by atoms with Gasteiger partial charge in [0.15, 0.2) is 0 Å². The number of pyridine rings is 1. The quantitative estimate of drug-likeness (QED) is 0.757. The molecule has 18 heavy (non-hydrogen) atoms. The van der Waals surface area contributed by atoms with Crippen LogP contribution in [-0.4, -0.2) is 23.0 Å². The number of halogens is 1. The first-order chi connectivity index (χ1) is 8.00. The molecule has 0 unspecified atom stereocenters. The van der Waals surface area contributed by atoms with E-state index < -0.39 is 0 Å². The van der Waals surface area contributed by atoms with Crippen LogP contribution in [0.15, 0.2) is 16.9 Å². The van der Waals surface area contributed by atoms with Crippen molar-refractivity contribution in [3.05, 3.63) is 33.7 Å². The van der Waals surface area contributed by atoms with E-state index in [2.05, 4.69) is 10.3 Å². The maximum absolute atomic E-state index is 11.8. The summed E-state index contributed by atoms with van der Waals surface area (Å²) < 4.78 is 0. The van der Waals surface area contributed by atoms with Gasteiger partial charge in [-0.05, 0) is 38.3 Å². The van der Waals surface area contributed by atoms with Crippen molar-refractivity contribution < 1.29 is 4.79 Å². The van der Waals surface area contributed by atoms with E-state index in [0.717, 1.165) is 25.0 Å². The molecule has 0 aromatic carbocycles. The third kappa shape index (κ3) is 3.11. The van der Waals surface area contributed by atoms with E-state index in [1.807, 2.05) is 0 Å². The van der Waals surface area contributed by atoms with Crippen molar-refractivity contribution in [3.8, 4) is 0 Å². The molecule has 0 spiro atoms. The average molecular weight is 272 g/mol. The molecule has 0 atom stereocenters. The van der Waals surface area contributed by atoms with Gasteiger partial charge in [0, 0.05) is 17.8 Å². The number of aromatic nitrogens is 1. The van der Waals surface area contributed by atoms with Crippen LogP contribution in [0.3, 0.4) is 0 Å². The Kier molecular flexibility index (Phi) is 4.53. The number of carbonyl (C=O) groups is 1. The molecular formula is C12H18ClN3O2. The molecule has 5 nitrogen and oxygen atoms in total. The molecule has 1 aromatic heterocycles. The van der Waals surface area contributed by atoms with Crippen molar-refractivity contribution in [2.75, 3.05) is 6.54 Å². The molecule has 1 aliphatic rings. The van der Waals surface area contributed by atoms with Crippen molar-refractivity contribution in [1.82, 2.24) is 10.3 Å². The van der Waals surface area contributed by atoms with Gasteiger partial charge in [0.25, 0.3) is 11.5 Å². The Morgan fingerprint density at radius 2 is 2.17 bits per heavy atom. The van der Waals surface area contributed by atoms with Gasteiger partial charge < -0.3 is 16.0 Å². The van der Waals surface area contributed by atoms with Crippen molar-refractivity contribution >= 4 is 18.3 Å². The molecule has 1 heterocycles. The number of rotatable bonds is 3. The van der Waals surface area contributed by atoms with Gasteiger partial charge in [-0.2, -0.15) is 0 Å². The van der Waals surface area contributed by atoms with Gasteiger partial charge >= 0.3 is 0 Å². The Morgan fingerprint density at radius 1 is 1.50 bits per heavy atom. The molecule has 0 bridgehead atoms. The standard InChI is InChI=1S/C12H17N3O2.ClH/c1-8-3-4-9(11(17)15-8)10(16)14-7-12(13)5-2-6-12;/h3-4H,2,5-7,13H2,1H3,(H,14,16)(H,15,17);1H. The Balaban J connectivity index is 0.00000162. The lowest BCUT2D eigenvalue weighted by molar-refractivity contribution is 0.0928. The van der Waals surface area contributed by atoms with Gasteiger partial charge in [-0.1, -0.05) is 0 Å². The molecule has 4 N–H and O–H groups in total. The molecule has 6 heteroatoms. The minimum Gasteiger partial charge on any atom is -0.350 e. The zero-order chi connectivity index (χ0) is 12.5. The smallest absolute Gasteiger partial charge is 0.260 e. The lowest BCUT2D eigenvalue weighted by Gasteiger charge is -2.38. The SMILES string of the molecule is Cc1ccc(C(=O)NCC2(N)CCC2)c(=O)[nH]1.Cl. The molecular weight excluding hydrogens is 254 g/mol. The molecule has 1 saturated carbocycles. The van der Waals surface area contributed by atoms with Gasteiger partial charge in [0.2, 0.25) is 0 Å². The summed E-state index contributed by atoms with van der Waals surface area (Å²) in [6, 6.07) is 3.24. The van der Waals surface area contributed by atoms with Crippen LogP contribution in [0.5, 0.6) is 0 Å². The third-order valence-corrected chi connectivity index (χ3v) is 3.25. The summed E-state index contributed by atoms with van der Waals surface area (Å²) in [4.78, 5) is 25.9. The minimum absolute atomic E-state index is 0. The van der Waals surface area contributed by atoms with E-state index >= 15 is 0 Å². The molecule has 0 saturated heterocycles. The van der Waals surface area contributed by atoms with Crippen LogP contribution in [0.25, 0.3) is 0 Å². The normalized spacial score (nSPS) is 16.3. The average Bonchev–Trinajstić information content (AvgIpc) is 2.23. The fourth-order valence-corrected chi connectivity index (χ4v) is 1.91. The molecule has 0 aliphatic heterocycles. The summed E-state index contributed by atoms with van der Waals surface area (Å²) in [6.45, 7) is 2.20. The Labute approximate surface area is 112 Å². The fraction of sp³-hybridized carbons (Fsp3) is 0.500. The molecule has 1 fully saturated rings. The first-order valence-corrected chi connectivity index (χ1v) is 5.77. The number of H-pyrrole nitrogens is 1. The summed E-state index contributed by atoms with van der Waals surface area (Å²) in [7, 11) is 0. The first-order valence-electron chi connectivity index (χ1n) is 5.77. The first kappa shape index (κ1) is 14.7. The van der Waals surface area contributed by atoms with E-state index in [4.69, 9.17) is 5.73 Å². The Morgan fingerprint density at radius 3 is 2.67 bits per heavy atom. The van der Waals surface area contributed by atoms with Crippen LogP contribution >= 0.6 is 12.4 Å². The number of aromatic amines is 1. The van der Waals surface area contributed by atoms with Crippen LogP contribution in [0.1, 0.15) is 35.3 Å². The largest absolute Gasteiger partial charge is 0.350 e. The van der Waals surface area contributed by atoms with Crippen LogP contribution in [0, 0.1) is 6.92 Å². The molecule has 1 aromatic rings. The molecule has 100 valence electrons. The highest BCUT2D eigenvalue weighted by Gasteiger charge is 2.32. The number of nitrogens with one attached hydrogen (secondary N) is 2. The van der Waals surface area contributed by atoms with Crippen molar-refractivity contribution in [3.63, 3.8) is 0 Å². The van der Waals surface area contributed by atoms with Gasteiger partial charge in [0.1, 0.15) is 5.56 Å². The summed E-state index contributed by atoms with van der Waals surface area (Å²) in [5.74, 6) is -0.358. The zero-order valence-corrected chi connectivity index (χ0v) is 11.1. The second kappa shape index (κ2) is 5.54. The number of hydrogen-bond acceptors (Lipinski definition) is 3. The van der Waals surface area contributed by atoms with E-state index in [9.17, 15) is 9.59 Å². The summed E-state index contributed by atoms with van der Waals surface area (Å²) in [5.41, 5.74) is 6.24. The van der Waals surface area contributed by atoms with E-state index in [1.54, 1.807) is 13.0 Å². The highest BCUT2D eigenvalue weighted by Crippen LogP contribution is 2.27. The Bertz CT molecular complexity index is 494. The molecule has 0 radical (unpaired) electrons. The van der Waals surface area contributed by atoms with Crippen molar-refractivity contribution in [2.24, 2.45) is 5.73 Å². The van der Waals surface area contributed by atoms with Crippen molar-refractivity contribution in [2.45, 2.75) is 31.7 Å². The van der Waals surface area contributed by atoms with E-state index in [0.29, 0.717) is 6.54 Å². The number of nitrogens with two attached hydrogens (primary N) is 1. The molecule has 2 rings (SSSR count). The van der Waals surface area contributed by atoms with Crippen LogP contribution in [0.4, 0.5) is 0 Å². The van der Waals surface area contributed by atoms with E-state index in [1.165, 1.54) is 6.07 Å². The number of hydrogen-bond donors (Lipinski definition) is 3.